The van der Waals surface area contributed by atoms with E-state index in [1.165, 1.54) is 25.7 Å². The molecule has 0 atom stereocenters. The van der Waals surface area contributed by atoms with Crippen LogP contribution in [-0.2, 0) is 11.2 Å². The molecular weight excluding hydrogens is 366 g/mol. The number of carbonyl (C=O) groups excluding carboxylic acids is 1. The zero-order valence-corrected chi connectivity index (χ0v) is 18.2. The minimum atomic E-state index is -0.607. The molecule has 2 aliphatic carbocycles. The monoisotopic (exact) mass is 404 g/mol. The lowest BCUT2D eigenvalue weighted by atomic mass is 9.69. The molecule has 0 aliphatic heterocycles. The fraction of sp³-hybridized carbons (Fsp3) is 0.731. The molecule has 2 aliphatic rings. The van der Waals surface area contributed by atoms with Crippen molar-refractivity contribution >= 4 is 5.78 Å². The van der Waals surface area contributed by atoms with E-state index < -0.39 is 11.6 Å². The Bertz CT molecular complexity index is 651. The summed E-state index contributed by atoms with van der Waals surface area (Å²) in [4.78, 5) is 11.5. The van der Waals surface area contributed by atoms with Crippen LogP contribution in [-0.4, -0.2) is 5.78 Å². The number of unbranched alkanes of at least 4 members (excludes halogenated alkanes) is 5. The van der Waals surface area contributed by atoms with E-state index >= 15 is 0 Å². The maximum Gasteiger partial charge on any atom is 0.162 e. The van der Waals surface area contributed by atoms with Crippen LogP contribution in [0.15, 0.2) is 12.1 Å². The Labute approximate surface area is 175 Å². The predicted molar refractivity (Wildman–Crippen MR) is 115 cm³/mol. The van der Waals surface area contributed by atoms with Gasteiger partial charge >= 0.3 is 0 Å². The lowest BCUT2D eigenvalue weighted by Gasteiger charge is -2.35. The van der Waals surface area contributed by atoms with Gasteiger partial charge in [0.05, 0.1) is 0 Å². The lowest BCUT2D eigenvalue weighted by Crippen LogP contribution is -2.25. The summed E-state index contributed by atoms with van der Waals surface area (Å²) in [6.45, 7) is 2.20. The molecule has 2 fully saturated rings. The number of carbonyl (C=O) groups is 1. The maximum absolute atomic E-state index is 14.8. The molecule has 0 heterocycles. The number of hydrogen-bond acceptors (Lipinski definition) is 1. The Kier molecular flexibility index (Phi) is 8.68. The highest BCUT2D eigenvalue weighted by molar-refractivity contribution is 5.79. The van der Waals surface area contributed by atoms with Gasteiger partial charge < -0.3 is 0 Å². The minimum absolute atomic E-state index is 0.147. The zero-order valence-electron chi connectivity index (χ0n) is 18.2. The highest BCUT2D eigenvalue weighted by Crippen LogP contribution is 2.43. The van der Waals surface area contributed by atoms with E-state index in [-0.39, 0.29) is 5.92 Å². The topological polar surface area (TPSA) is 17.1 Å². The van der Waals surface area contributed by atoms with E-state index in [1.807, 2.05) is 12.1 Å². The van der Waals surface area contributed by atoms with Gasteiger partial charge in [-0.2, -0.15) is 0 Å². The Hall–Kier alpha value is -1.25. The summed E-state index contributed by atoms with van der Waals surface area (Å²) in [6, 6.07) is 3.69. The van der Waals surface area contributed by atoms with Crippen LogP contribution in [0.25, 0.3) is 0 Å². The van der Waals surface area contributed by atoms with E-state index in [0.29, 0.717) is 35.2 Å². The van der Waals surface area contributed by atoms with Gasteiger partial charge in [0, 0.05) is 12.8 Å². The average Bonchev–Trinajstić information content (AvgIpc) is 2.74. The van der Waals surface area contributed by atoms with Gasteiger partial charge in [-0.1, -0.05) is 51.2 Å². The fourth-order valence-corrected chi connectivity index (χ4v) is 5.54. The van der Waals surface area contributed by atoms with Crippen LogP contribution in [0.2, 0.25) is 0 Å². The summed E-state index contributed by atoms with van der Waals surface area (Å²) in [5.41, 5.74) is 1.13. The molecule has 0 N–H and O–H groups in total. The van der Waals surface area contributed by atoms with Crippen LogP contribution in [0.1, 0.15) is 114 Å². The summed E-state index contributed by atoms with van der Waals surface area (Å²) in [5, 5.41) is 0. The highest BCUT2D eigenvalue weighted by Gasteiger charge is 2.32. The Balaban J connectivity index is 1.50. The van der Waals surface area contributed by atoms with E-state index in [1.54, 1.807) is 0 Å². The molecule has 1 nitrogen and oxygen atoms in total. The van der Waals surface area contributed by atoms with Crippen molar-refractivity contribution in [3.8, 4) is 0 Å². The van der Waals surface area contributed by atoms with E-state index in [0.717, 1.165) is 64.2 Å². The molecule has 29 heavy (non-hydrogen) atoms. The Morgan fingerprint density at radius 2 is 1.41 bits per heavy atom. The summed E-state index contributed by atoms with van der Waals surface area (Å²) in [6.07, 6.45) is 15.2. The van der Waals surface area contributed by atoms with Crippen LogP contribution in [0, 0.1) is 23.5 Å². The number of aryl methyl sites for hydroxylation is 1. The molecule has 3 rings (SSSR count). The summed E-state index contributed by atoms with van der Waals surface area (Å²) >= 11 is 0. The third-order valence-electron chi connectivity index (χ3n) is 7.46. The van der Waals surface area contributed by atoms with Crippen molar-refractivity contribution in [2.75, 3.05) is 0 Å². The summed E-state index contributed by atoms with van der Waals surface area (Å²) in [7, 11) is 0. The van der Waals surface area contributed by atoms with Crippen LogP contribution in [0.4, 0.5) is 8.78 Å². The number of Topliss-reactive ketones (excluding diaryl/α,β-unsaturated/α-hetero) is 1. The molecular formula is C26H38F2O. The van der Waals surface area contributed by atoms with Crippen molar-refractivity contribution < 1.29 is 13.6 Å². The summed E-state index contributed by atoms with van der Waals surface area (Å²) < 4.78 is 29.4. The Morgan fingerprint density at radius 3 is 2.10 bits per heavy atom. The van der Waals surface area contributed by atoms with Crippen LogP contribution in [0.5, 0.6) is 0 Å². The van der Waals surface area contributed by atoms with Crippen LogP contribution >= 0.6 is 0 Å². The number of halogens is 2. The molecule has 0 bridgehead atoms. The van der Waals surface area contributed by atoms with Gasteiger partial charge in [-0.25, -0.2) is 8.78 Å². The molecule has 2 saturated carbocycles. The smallest absolute Gasteiger partial charge is 0.162 e. The predicted octanol–water partition coefficient (Wildman–Crippen LogP) is 7.90. The van der Waals surface area contributed by atoms with E-state index in [4.69, 9.17) is 0 Å². The third kappa shape index (κ3) is 6.12. The van der Waals surface area contributed by atoms with Crippen molar-refractivity contribution in [1.82, 2.24) is 0 Å². The third-order valence-corrected chi connectivity index (χ3v) is 7.46. The van der Waals surface area contributed by atoms with Crippen LogP contribution in [0.3, 0.4) is 0 Å². The maximum atomic E-state index is 14.8. The van der Waals surface area contributed by atoms with Crippen molar-refractivity contribution in [2.24, 2.45) is 11.8 Å². The van der Waals surface area contributed by atoms with E-state index in [9.17, 15) is 13.6 Å². The second-order valence-electron chi connectivity index (χ2n) is 9.45. The van der Waals surface area contributed by atoms with Gasteiger partial charge in [0.25, 0.3) is 0 Å². The largest absolute Gasteiger partial charge is 0.300 e. The zero-order chi connectivity index (χ0) is 20.6. The van der Waals surface area contributed by atoms with Gasteiger partial charge in [-0.15, -0.1) is 0 Å². The number of rotatable bonds is 9. The molecule has 0 unspecified atom stereocenters. The minimum Gasteiger partial charge on any atom is -0.300 e. The molecule has 1 aromatic carbocycles. The molecule has 1 aromatic rings. The quantitative estimate of drug-likeness (QED) is 0.382. The lowest BCUT2D eigenvalue weighted by molar-refractivity contribution is -0.121. The normalized spacial score (nSPS) is 23.5. The van der Waals surface area contributed by atoms with Gasteiger partial charge in [0.1, 0.15) is 5.78 Å². The standard InChI is InChI=1S/C26H38F2O/c1-2-3-4-5-6-7-8-22-15-18-24(26(28)25(22)27)21-11-9-19(10-12-21)20-13-16-23(29)17-14-20/h15,18-21H,2-14,16-17H2,1H3. The first-order valence-corrected chi connectivity index (χ1v) is 12.1. The fourth-order valence-electron chi connectivity index (χ4n) is 5.54. The van der Waals surface area contributed by atoms with Gasteiger partial charge in [0.2, 0.25) is 0 Å². The molecule has 0 amide bonds. The van der Waals surface area contributed by atoms with E-state index in [2.05, 4.69) is 6.92 Å². The molecule has 0 aromatic heterocycles. The average molecular weight is 405 g/mol. The SMILES string of the molecule is CCCCCCCCc1ccc(C2CCC(C3CCC(=O)CC3)CC2)c(F)c1F. The van der Waals surface area contributed by atoms with Gasteiger partial charge in [-0.3, -0.25) is 4.79 Å². The van der Waals surface area contributed by atoms with Crippen LogP contribution < -0.4 is 0 Å². The first-order chi connectivity index (χ1) is 14.1. The van der Waals surface area contributed by atoms with Crippen molar-refractivity contribution in [3.05, 3.63) is 34.9 Å². The number of ketones is 1. The number of benzene rings is 1. The van der Waals surface area contributed by atoms with Crippen molar-refractivity contribution in [1.29, 1.82) is 0 Å². The van der Waals surface area contributed by atoms with Gasteiger partial charge in [-0.05, 0) is 80.2 Å². The molecule has 0 saturated heterocycles. The highest BCUT2D eigenvalue weighted by atomic mass is 19.2. The molecule has 162 valence electrons. The molecule has 0 radical (unpaired) electrons. The van der Waals surface area contributed by atoms with Crippen molar-refractivity contribution in [2.45, 2.75) is 109 Å². The molecule has 3 heteroatoms. The van der Waals surface area contributed by atoms with Gasteiger partial charge in [0.15, 0.2) is 11.6 Å². The first kappa shape index (κ1) is 22.4. The number of hydrogen-bond donors (Lipinski definition) is 0. The summed E-state index contributed by atoms with van der Waals surface area (Å²) in [5.74, 6) is 0.681. The Morgan fingerprint density at radius 1 is 0.793 bits per heavy atom. The second kappa shape index (κ2) is 11.2. The van der Waals surface area contributed by atoms with Crippen molar-refractivity contribution in [3.63, 3.8) is 0 Å². The second-order valence-corrected chi connectivity index (χ2v) is 9.45. The molecule has 0 spiro atoms. The first-order valence-electron chi connectivity index (χ1n) is 12.1.